The minimum absolute atomic E-state index is 1.00. The van der Waals surface area contributed by atoms with E-state index in [1.165, 1.54) is 32.4 Å². The first-order valence-electron chi connectivity index (χ1n) is 5.00. The van der Waals surface area contributed by atoms with Crippen LogP contribution in [0, 0.1) is 23.7 Å². The monoisotopic (exact) mass is 163 g/mol. The van der Waals surface area contributed by atoms with Crippen molar-refractivity contribution in [3.63, 3.8) is 0 Å². The van der Waals surface area contributed by atoms with Crippen molar-refractivity contribution in [2.75, 3.05) is 19.6 Å². The number of fused-ring (bicyclic) bond motifs is 2. The summed E-state index contributed by atoms with van der Waals surface area (Å²) in [7, 11) is 0. The highest BCUT2D eigenvalue weighted by Gasteiger charge is 2.32. The van der Waals surface area contributed by atoms with Crippen molar-refractivity contribution in [1.82, 2.24) is 4.90 Å². The fraction of sp³-hybridized carbons (Fsp3) is 0.818. The Balaban J connectivity index is 1.88. The van der Waals surface area contributed by atoms with Crippen LogP contribution in [0.1, 0.15) is 26.2 Å². The molecule has 2 aliphatic rings. The van der Waals surface area contributed by atoms with Crippen molar-refractivity contribution in [2.24, 2.45) is 11.8 Å². The molecule has 0 N–H and O–H groups in total. The molecule has 0 amide bonds. The Labute approximate surface area is 75.1 Å². The van der Waals surface area contributed by atoms with Gasteiger partial charge in [0.05, 0.1) is 6.54 Å². The normalized spacial score (nSPS) is 34.4. The van der Waals surface area contributed by atoms with Gasteiger partial charge in [-0.3, -0.25) is 4.90 Å². The zero-order chi connectivity index (χ0) is 8.39. The lowest BCUT2D eigenvalue weighted by molar-refractivity contribution is 0.187. The van der Waals surface area contributed by atoms with Gasteiger partial charge in [0, 0.05) is 13.1 Å². The van der Waals surface area contributed by atoms with E-state index in [0.29, 0.717) is 0 Å². The molecule has 1 saturated heterocycles. The summed E-state index contributed by atoms with van der Waals surface area (Å²) in [4.78, 5) is 2.53. The highest BCUT2D eigenvalue weighted by atomic mass is 15.1. The molecule has 1 heterocycles. The standard InChI is InChI=1S/C11H17N/c1-2-3-6-12-8-10-4-5-11(7-10)9-12/h10-11H,4-9H2,1H3. The minimum Gasteiger partial charge on any atom is -0.292 e. The Morgan fingerprint density at radius 2 is 1.92 bits per heavy atom. The Morgan fingerprint density at radius 3 is 2.50 bits per heavy atom. The first-order chi connectivity index (χ1) is 5.88. The molecule has 0 radical (unpaired) electrons. The predicted octanol–water partition coefficient (Wildman–Crippen LogP) is 1.74. The maximum Gasteiger partial charge on any atom is 0.0601 e. The lowest BCUT2D eigenvalue weighted by Gasteiger charge is -2.29. The summed E-state index contributed by atoms with van der Waals surface area (Å²) in [5.41, 5.74) is 0. The molecular weight excluding hydrogens is 146 g/mol. The third kappa shape index (κ3) is 1.64. The molecule has 0 spiro atoms. The number of hydrogen-bond acceptors (Lipinski definition) is 1. The van der Waals surface area contributed by atoms with E-state index in [1.54, 1.807) is 0 Å². The Kier molecular flexibility index (Phi) is 2.37. The number of piperidine rings is 1. The second-order valence-electron chi connectivity index (χ2n) is 4.17. The van der Waals surface area contributed by atoms with Gasteiger partial charge in [0.1, 0.15) is 0 Å². The van der Waals surface area contributed by atoms with E-state index in [2.05, 4.69) is 16.7 Å². The summed E-state index contributed by atoms with van der Waals surface area (Å²) in [6, 6.07) is 0. The summed E-state index contributed by atoms with van der Waals surface area (Å²) >= 11 is 0. The Bertz CT molecular complexity index is 199. The van der Waals surface area contributed by atoms with Gasteiger partial charge in [-0.15, -0.1) is 5.92 Å². The van der Waals surface area contributed by atoms with Gasteiger partial charge in [0.15, 0.2) is 0 Å². The number of nitrogens with zero attached hydrogens (tertiary/aromatic N) is 1. The largest absolute Gasteiger partial charge is 0.292 e. The molecule has 2 unspecified atom stereocenters. The van der Waals surface area contributed by atoms with Crippen molar-refractivity contribution in [3.05, 3.63) is 0 Å². The van der Waals surface area contributed by atoms with Crippen LogP contribution in [-0.4, -0.2) is 24.5 Å². The highest BCUT2D eigenvalue weighted by Crippen LogP contribution is 2.35. The second kappa shape index (κ2) is 3.49. The van der Waals surface area contributed by atoms with E-state index in [0.717, 1.165) is 18.4 Å². The van der Waals surface area contributed by atoms with Gasteiger partial charge in [-0.2, -0.15) is 0 Å². The lowest BCUT2D eigenvalue weighted by Crippen LogP contribution is -2.36. The summed E-state index contributed by atoms with van der Waals surface area (Å²) in [6.45, 7) is 5.55. The molecule has 1 saturated carbocycles. The van der Waals surface area contributed by atoms with Crippen LogP contribution in [0.15, 0.2) is 0 Å². The van der Waals surface area contributed by atoms with Crippen LogP contribution in [-0.2, 0) is 0 Å². The first kappa shape index (κ1) is 8.13. The van der Waals surface area contributed by atoms with Gasteiger partial charge >= 0.3 is 0 Å². The van der Waals surface area contributed by atoms with E-state index < -0.39 is 0 Å². The molecule has 1 heteroatoms. The minimum atomic E-state index is 1.00. The molecular formula is C11H17N. The number of hydrogen-bond donors (Lipinski definition) is 0. The Morgan fingerprint density at radius 1 is 1.25 bits per heavy atom. The molecule has 2 rings (SSSR count). The summed E-state index contributed by atoms with van der Waals surface area (Å²) < 4.78 is 0. The van der Waals surface area contributed by atoms with Gasteiger partial charge in [-0.05, 0) is 38.0 Å². The quantitative estimate of drug-likeness (QED) is 0.532. The van der Waals surface area contributed by atoms with Gasteiger partial charge < -0.3 is 0 Å². The first-order valence-corrected chi connectivity index (χ1v) is 5.00. The molecule has 2 atom stereocenters. The smallest absolute Gasteiger partial charge is 0.0601 e. The molecule has 2 bridgehead atoms. The average Bonchev–Trinajstić information content (AvgIpc) is 2.42. The summed E-state index contributed by atoms with van der Waals surface area (Å²) in [5, 5.41) is 0. The molecule has 0 aromatic heterocycles. The van der Waals surface area contributed by atoms with Crippen molar-refractivity contribution in [3.8, 4) is 11.8 Å². The second-order valence-corrected chi connectivity index (χ2v) is 4.17. The number of rotatable bonds is 1. The van der Waals surface area contributed by atoms with Gasteiger partial charge in [-0.1, -0.05) is 5.92 Å². The van der Waals surface area contributed by atoms with E-state index in [1.807, 2.05) is 6.92 Å². The predicted molar refractivity (Wildman–Crippen MR) is 50.7 cm³/mol. The third-order valence-corrected chi connectivity index (χ3v) is 3.16. The van der Waals surface area contributed by atoms with E-state index in [-0.39, 0.29) is 0 Å². The summed E-state index contributed by atoms with van der Waals surface area (Å²) in [6.07, 6.45) is 4.44. The van der Waals surface area contributed by atoms with E-state index in [9.17, 15) is 0 Å². The molecule has 0 aromatic rings. The SMILES string of the molecule is CC#CCN1CC2CCC(C2)C1. The molecule has 1 aliphatic heterocycles. The molecule has 1 aliphatic carbocycles. The fourth-order valence-electron chi connectivity index (χ4n) is 2.63. The Hall–Kier alpha value is -0.480. The van der Waals surface area contributed by atoms with Crippen LogP contribution in [0.5, 0.6) is 0 Å². The van der Waals surface area contributed by atoms with Crippen molar-refractivity contribution < 1.29 is 0 Å². The number of likely N-dealkylation sites (tertiary alicyclic amines) is 1. The van der Waals surface area contributed by atoms with Crippen LogP contribution >= 0.6 is 0 Å². The highest BCUT2D eigenvalue weighted by molar-refractivity contribution is 4.99. The van der Waals surface area contributed by atoms with Gasteiger partial charge in [-0.25, -0.2) is 0 Å². The third-order valence-electron chi connectivity index (χ3n) is 3.16. The van der Waals surface area contributed by atoms with Gasteiger partial charge in [0.25, 0.3) is 0 Å². The fourth-order valence-corrected chi connectivity index (χ4v) is 2.63. The lowest BCUT2D eigenvalue weighted by atomic mass is 9.99. The molecule has 0 aromatic carbocycles. The topological polar surface area (TPSA) is 3.24 Å². The molecule has 2 fully saturated rings. The van der Waals surface area contributed by atoms with Crippen LogP contribution in [0.3, 0.4) is 0 Å². The van der Waals surface area contributed by atoms with E-state index in [4.69, 9.17) is 0 Å². The van der Waals surface area contributed by atoms with Crippen molar-refractivity contribution >= 4 is 0 Å². The van der Waals surface area contributed by atoms with Crippen molar-refractivity contribution in [1.29, 1.82) is 0 Å². The maximum absolute atomic E-state index is 3.16. The molecule has 1 nitrogen and oxygen atoms in total. The zero-order valence-electron chi connectivity index (χ0n) is 7.84. The van der Waals surface area contributed by atoms with Crippen LogP contribution in [0.2, 0.25) is 0 Å². The maximum atomic E-state index is 3.16. The van der Waals surface area contributed by atoms with Crippen LogP contribution in [0.4, 0.5) is 0 Å². The zero-order valence-corrected chi connectivity index (χ0v) is 7.84. The van der Waals surface area contributed by atoms with E-state index >= 15 is 0 Å². The van der Waals surface area contributed by atoms with Crippen LogP contribution in [0.25, 0.3) is 0 Å². The van der Waals surface area contributed by atoms with Crippen molar-refractivity contribution in [2.45, 2.75) is 26.2 Å². The molecule has 12 heavy (non-hydrogen) atoms. The molecule has 66 valence electrons. The average molecular weight is 163 g/mol. The van der Waals surface area contributed by atoms with Gasteiger partial charge in [0.2, 0.25) is 0 Å². The van der Waals surface area contributed by atoms with Crippen LogP contribution < -0.4 is 0 Å². The summed E-state index contributed by atoms with van der Waals surface area (Å²) in [5.74, 6) is 8.14.